The van der Waals surface area contributed by atoms with Gasteiger partial charge in [0.2, 0.25) is 0 Å². The van der Waals surface area contributed by atoms with E-state index in [0.29, 0.717) is 0 Å². The molecule has 0 radical (unpaired) electrons. The van der Waals surface area contributed by atoms with E-state index < -0.39 is 0 Å². The van der Waals surface area contributed by atoms with Crippen molar-refractivity contribution in [1.82, 2.24) is 0 Å². The van der Waals surface area contributed by atoms with Gasteiger partial charge < -0.3 is 10.1 Å². The molecule has 104 valence electrons. The van der Waals surface area contributed by atoms with Crippen LogP contribution in [0.15, 0.2) is 39.3 Å². The van der Waals surface area contributed by atoms with Gasteiger partial charge in [0, 0.05) is 33.2 Å². The standard InChI is InChI=1S/C16H15Br2NO/c1-10-6-14(2-3-15(10)18)19-9-12-8-13(17)7-11-4-5-20-16(11)12/h2-3,6-8,19H,4-5,9H2,1H3. The quantitative estimate of drug-likeness (QED) is 0.782. The Morgan fingerprint density at radius 2 is 2.05 bits per heavy atom. The maximum absolute atomic E-state index is 5.75. The highest BCUT2D eigenvalue weighted by atomic mass is 79.9. The van der Waals surface area contributed by atoms with E-state index in [4.69, 9.17) is 4.74 Å². The largest absolute Gasteiger partial charge is 0.493 e. The SMILES string of the molecule is Cc1cc(NCc2cc(Br)cc3c2OCC3)ccc1Br. The molecule has 0 bridgehead atoms. The van der Waals surface area contributed by atoms with Gasteiger partial charge in [-0.15, -0.1) is 0 Å². The van der Waals surface area contributed by atoms with E-state index in [1.165, 1.54) is 16.7 Å². The lowest BCUT2D eigenvalue weighted by molar-refractivity contribution is 0.354. The van der Waals surface area contributed by atoms with Gasteiger partial charge in [0.15, 0.2) is 0 Å². The molecule has 0 fully saturated rings. The normalized spacial score (nSPS) is 12.9. The van der Waals surface area contributed by atoms with Crippen LogP contribution < -0.4 is 10.1 Å². The molecule has 3 rings (SSSR count). The fraction of sp³-hybridized carbons (Fsp3) is 0.250. The van der Waals surface area contributed by atoms with E-state index in [2.05, 4.69) is 74.4 Å². The molecular formula is C16H15Br2NO. The molecular weight excluding hydrogens is 382 g/mol. The lowest BCUT2D eigenvalue weighted by Gasteiger charge is -2.12. The summed E-state index contributed by atoms with van der Waals surface area (Å²) in [5.41, 5.74) is 4.85. The van der Waals surface area contributed by atoms with Crippen molar-refractivity contribution < 1.29 is 4.74 Å². The smallest absolute Gasteiger partial charge is 0.127 e. The number of fused-ring (bicyclic) bond motifs is 1. The van der Waals surface area contributed by atoms with Crippen LogP contribution >= 0.6 is 31.9 Å². The third-order valence-corrected chi connectivity index (χ3v) is 4.81. The topological polar surface area (TPSA) is 21.3 Å². The third kappa shape index (κ3) is 2.86. The molecule has 2 aromatic carbocycles. The molecule has 0 amide bonds. The molecule has 4 heteroatoms. The van der Waals surface area contributed by atoms with E-state index >= 15 is 0 Å². The second kappa shape index (κ2) is 5.78. The van der Waals surface area contributed by atoms with Crippen LogP contribution in [0.2, 0.25) is 0 Å². The lowest BCUT2D eigenvalue weighted by Crippen LogP contribution is -2.02. The molecule has 1 aliphatic heterocycles. The molecule has 0 saturated carbocycles. The fourth-order valence-electron chi connectivity index (χ4n) is 2.43. The van der Waals surface area contributed by atoms with Crippen LogP contribution in [0.5, 0.6) is 5.75 Å². The van der Waals surface area contributed by atoms with Crippen molar-refractivity contribution in [3.63, 3.8) is 0 Å². The molecule has 1 heterocycles. The predicted octanol–water partition coefficient (Wildman–Crippen LogP) is 5.07. The number of hydrogen-bond donors (Lipinski definition) is 1. The fourth-order valence-corrected chi connectivity index (χ4v) is 3.23. The highest BCUT2D eigenvalue weighted by Gasteiger charge is 2.17. The molecule has 0 saturated heterocycles. The number of hydrogen-bond acceptors (Lipinski definition) is 2. The van der Waals surface area contributed by atoms with Crippen LogP contribution in [0.4, 0.5) is 5.69 Å². The van der Waals surface area contributed by atoms with Crippen molar-refractivity contribution in [3.05, 3.63) is 56.0 Å². The Bertz CT molecular complexity index is 655. The molecule has 1 N–H and O–H groups in total. The summed E-state index contributed by atoms with van der Waals surface area (Å²) in [5.74, 6) is 1.05. The molecule has 0 atom stereocenters. The Kier molecular flexibility index (Phi) is 4.03. The van der Waals surface area contributed by atoms with Gasteiger partial charge in [0.05, 0.1) is 6.61 Å². The third-order valence-electron chi connectivity index (χ3n) is 3.47. The first kappa shape index (κ1) is 14.0. The minimum absolute atomic E-state index is 0.767. The first-order chi connectivity index (χ1) is 9.63. The first-order valence-corrected chi connectivity index (χ1v) is 8.16. The summed E-state index contributed by atoms with van der Waals surface area (Å²) >= 11 is 7.10. The van der Waals surface area contributed by atoms with Gasteiger partial charge in [-0.2, -0.15) is 0 Å². The average Bonchev–Trinajstić information content (AvgIpc) is 2.88. The summed E-state index contributed by atoms with van der Waals surface area (Å²) in [6, 6.07) is 10.6. The zero-order chi connectivity index (χ0) is 14.1. The Hall–Kier alpha value is -1.00. The number of rotatable bonds is 3. The molecule has 20 heavy (non-hydrogen) atoms. The van der Waals surface area contributed by atoms with Crippen LogP contribution in [0.1, 0.15) is 16.7 Å². The highest BCUT2D eigenvalue weighted by molar-refractivity contribution is 9.10. The van der Waals surface area contributed by atoms with Crippen LogP contribution in [0.25, 0.3) is 0 Å². The predicted molar refractivity (Wildman–Crippen MR) is 89.5 cm³/mol. The summed E-state index contributed by atoms with van der Waals surface area (Å²) in [5, 5.41) is 3.46. The van der Waals surface area contributed by atoms with Crippen molar-refractivity contribution in [3.8, 4) is 5.75 Å². The van der Waals surface area contributed by atoms with E-state index in [1.54, 1.807) is 0 Å². The van der Waals surface area contributed by atoms with Gasteiger partial charge in [-0.1, -0.05) is 31.9 Å². The van der Waals surface area contributed by atoms with Gasteiger partial charge in [-0.3, -0.25) is 0 Å². The van der Waals surface area contributed by atoms with Crippen molar-refractivity contribution in [2.75, 3.05) is 11.9 Å². The Morgan fingerprint density at radius 1 is 1.20 bits per heavy atom. The second-order valence-corrected chi connectivity index (χ2v) is 6.74. The van der Waals surface area contributed by atoms with E-state index in [1.807, 2.05) is 0 Å². The molecule has 0 aromatic heterocycles. The van der Waals surface area contributed by atoms with Crippen molar-refractivity contribution in [2.45, 2.75) is 19.9 Å². The highest BCUT2D eigenvalue weighted by Crippen LogP contribution is 2.33. The van der Waals surface area contributed by atoms with Crippen molar-refractivity contribution in [1.29, 1.82) is 0 Å². The molecule has 0 spiro atoms. The minimum Gasteiger partial charge on any atom is -0.493 e. The van der Waals surface area contributed by atoms with E-state index in [9.17, 15) is 0 Å². The van der Waals surface area contributed by atoms with Gasteiger partial charge in [0.1, 0.15) is 5.75 Å². The van der Waals surface area contributed by atoms with Crippen LogP contribution in [0.3, 0.4) is 0 Å². The van der Waals surface area contributed by atoms with Gasteiger partial charge in [-0.05, 0) is 48.4 Å². The molecule has 0 unspecified atom stereocenters. The maximum Gasteiger partial charge on any atom is 0.127 e. The summed E-state index contributed by atoms with van der Waals surface area (Å²) in [6.07, 6.45) is 0.999. The molecule has 2 nitrogen and oxygen atoms in total. The van der Waals surface area contributed by atoms with Gasteiger partial charge in [0.25, 0.3) is 0 Å². The number of halogens is 2. The summed E-state index contributed by atoms with van der Waals surface area (Å²) in [4.78, 5) is 0. The second-order valence-electron chi connectivity index (χ2n) is 4.97. The van der Waals surface area contributed by atoms with Crippen LogP contribution in [-0.4, -0.2) is 6.61 Å². The monoisotopic (exact) mass is 395 g/mol. The maximum atomic E-state index is 5.75. The van der Waals surface area contributed by atoms with Gasteiger partial charge in [-0.25, -0.2) is 0 Å². The van der Waals surface area contributed by atoms with E-state index in [-0.39, 0.29) is 0 Å². The minimum atomic E-state index is 0.767. The van der Waals surface area contributed by atoms with Crippen LogP contribution in [0, 0.1) is 6.92 Å². The molecule has 1 aliphatic rings. The van der Waals surface area contributed by atoms with Crippen LogP contribution in [-0.2, 0) is 13.0 Å². The summed E-state index contributed by atoms with van der Waals surface area (Å²) in [7, 11) is 0. The van der Waals surface area contributed by atoms with Gasteiger partial charge >= 0.3 is 0 Å². The number of anilines is 1. The zero-order valence-electron chi connectivity index (χ0n) is 11.2. The Labute approximate surface area is 135 Å². The molecule has 0 aliphatic carbocycles. The summed E-state index contributed by atoms with van der Waals surface area (Å²) < 4.78 is 8.00. The van der Waals surface area contributed by atoms with Crippen molar-refractivity contribution >= 4 is 37.5 Å². The average molecular weight is 397 g/mol. The lowest BCUT2D eigenvalue weighted by atomic mass is 10.1. The van der Waals surface area contributed by atoms with Crippen molar-refractivity contribution in [2.24, 2.45) is 0 Å². The number of nitrogens with one attached hydrogen (secondary N) is 1. The number of benzene rings is 2. The Morgan fingerprint density at radius 3 is 2.85 bits per heavy atom. The van der Waals surface area contributed by atoms with E-state index in [0.717, 1.165) is 40.0 Å². The number of aryl methyl sites for hydroxylation is 1. The Balaban J connectivity index is 1.80. The summed E-state index contributed by atoms with van der Waals surface area (Å²) in [6.45, 7) is 3.65. The first-order valence-electron chi connectivity index (χ1n) is 6.57. The zero-order valence-corrected chi connectivity index (χ0v) is 14.3. The number of ether oxygens (including phenoxy) is 1. The molecule has 2 aromatic rings.